The number of benzene rings is 1. The molecule has 0 saturated carbocycles. The fourth-order valence-corrected chi connectivity index (χ4v) is 2.76. The third kappa shape index (κ3) is 7.55. The molecule has 8 heteroatoms. The van der Waals surface area contributed by atoms with Crippen molar-refractivity contribution in [3.8, 4) is 5.75 Å². The minimum Gasteiger partial charge on any atom is -0.494 e. The van der Waals surface area contributed by atoms with Crippen LogP contribution >= 0.6 is 0 Å². The lowest BCUT2D eigenvalue weighted by Gasteiger charge is -2.19. The van der Waals surface area contributed by atoms with Gasteiger partial charge in [0.15, 0.2) is 9.84 Å². The molecule has 7 nitrogen and oxygen atoms in total. The van der Waals surface area contributed by atoms with Crippen LogP contribution in [0, 0.1) is 5.92 Å². The Morgan fingerprint density at radius 1 is 1.20 bits per heavy atom. The Hall–Kier alpha value is -2.09. The topological polar surface area (TPSA) is 101 Å². The fourth-order valence-electron chi connectivity index (χ4n) is 2.13. The summed E-state index contributed by atoms with van der Waals surface area (Å²) in [7, 11) is -1.62. The molecule has 0 fully saturated rings. The SMILES string of the molecule is CC(CN(C)C(=O)CCCCOc1ccc(S(C)(=O)=O)cc1)C(=O)O. The molecule has 25 heavy (non-hydrogen) atoms. The van der Waals surface area contributed by atoms with Crippen molar-refractivity contribution < 1.29 is 27.9 Å². The summed E-state index contributed by atoms with van der Waals surface area (Å²) in [5, 5.41) is 8.84. The van der Waals surface area contributed by atoms with E-state index in [9.17, 15) is 18.0 Å². The van der Waals surface area contributed by atoms with Gasteiger partial charge >= 0.3 is 5.97 Å². The maximum Gasteiger partial charge on any atom is 0.308 e. The van der Waals surface area contributed by atoms with Crippen molar-refractivity contribution in [3.63, 3.8) is 0 Å². The first-order valence-corrected chi connectivity index (χ1v) is 9.90. The van der Waals surface area contributed by atoms with Crippen molar-refractivity contribution in [2.75, 3.05) is 26.5 Å². The van der Waals surface area contributed by atoms with E-state index in [4.69, 9.17) is 9.84 Å². The lowest BCUT2D eigenvalue weighted by molar-refractivity contribution is -0.142. The average Bonchev–Trinajstić information content (AvgIpc) is 2.53. The number of hydrogen-bond acceptors (Lipinski definition) is 5. The molecular weight excluding hydrogens is 346 g/mol. The number of unbranched alkanes of at least 4 members (excludes halogenated alkanes) is 1. The molecular formula is C17H25NO6S. The van der Waals surface area contributed by atoms with Crippen LogP contribution in [0.5, 0.6) is 5.75 Å². The molecule has 0 heterocycles. The van der Waals surface area contributed by atoms with Gasteiger partial charge in [-0.3, -0.25) is 9.59 Å². The van der Waals surface area contributed by atoms with E-state index < -0.39 is 21.7 Å². The van der Waals surface area contributed by atoms with Gasteiger partial charge < -0.3 is 14.7 Å². The second-order valence-corrected chi connectivity index (χ2v) is 8.08. The van der Waals surface area contributed by atoms with Gasteiger partial charge in [-0.1, -0.05) is 6.92 Å². The molecule has 0 aliphatic rings. The summed E-state index contributed by atoms with van der Waals surface area (Å²) in [6.45, 7) is 2.17. The zero-order valence-corrected chi connectivity index (χ0v) is 15.6. The zero-order valence-electron chi connectivity index (χ0n) is 14.8. The van der Waals surface area contributed by atoms with Gasteiger partial charge in [0.2, 0.25) is 5.91 Å². The number of nitrogens with zero attached hydrogens (tertiary/aromatic N) is 1. The number of carboxylic acid groups (broad SMARTS) is 1. The number of carboxylic acids is 1. The lowest BCUT2D eigenvalue weighted by Crippen LogP contribution is -2.33. The minimum absolute atomic E-state index is 0.0920. The first-order chi connectivity index (χ1) is 11.6. The third-order valence-electron chi connectivity index (χ3n) is 3.70. The van der Waals surface area contributed by atoms with Crippen LogP contribution in [0.3, 0.4) is 0 Å². The van der Waals surface area contributed by atoms with E-state index in [1.54, 1.807) is 26.1 Å². The molecule has 1 aromatic rings. The van der Waals surface area contributed by atoms with E-state index in [1.807, 2.05) is 0 Å². The number of sulfone groups is 1. The van der Waals surface area contributed by atoms with Gasteiger partial charge in [0.1, 0.15) is 5.75 Å². The standard InChI is InChI=1S/C17H25NO6S/c1-13(17(20)21)12-18(2)16(19)6-4-5-11-24-14-7-9-15(10-8-14)25(3,22)23/h7-10,13H,4-6,11-12H2,1-3H3,(H,20,21). The summed E-state index contributed by atoms with van der Waals surface area (Å²) < 4.78 is 28.2. The second kappa shape index (κ2) is 9.41. The summed E-state index contributed by atoms with van der Waals surface area (Å²) in [6, 6.07) is 6.19. The second-order valence-electron chi connectivity index (χ2n) is 6.06. The van der Waals surface area contributed by atoms with Crippen molar-refractivity contribution in [3.05, 3.63) is 24.3 Å². The molecule has 0 aromatic heterocycles. The van der Waals surface area contributed by atoms with Crippen LogP contribution in [0.15, 0.2) is 29.2 Å². The summed E-state index contributed by atoms with van der Waals surface area (Å²) >= 11 is 0. The molecule has 0 saturated heterocycles. The molecule has 1 rings (SSSR count). The molecule has 140 valence electrons. The predicted molar refractivity (Wildman–Crippen MR) is 93.3 cm³/mol. The van der Waals surface area contributed by atoms with Gasteiger partial charge in [-0.05, 0) is 37.1 Å². The van der Waals surface area contributed by atoms with Crippen molar-refractivity contribution in [2.24, 2.45) is 5.92 Å². The monoisotopic (exact) mass is 371 g/mol. The first kappa shape index (κ1) is 21.0. The Balaban J connectivity index is 2.27. The van der Waals surface area contributed by atoms with Crippen molar-refractivity contribution in [1.29, 1.82) is 0 Å². The lowest BCUT2D eigenvalue weighted by atomic mass is 10.1. The van der Waals surface area contributed by atoms with Gasteiger partial charge in [-0.2, -0.15) is 0 Å². The highest BCUT2D eigenvalue weighted by atomic mass is 32.2. The van der Waals surface area contributed by atoms with Gasteiger partial charge in [0, 0.05) is 26.3 Å². The number of amides is 1. The Morgan fingerprint density at radius 3 is 2.32 bits per heavy atom. The van der Waals surface area contributed by atoms with Gasteiger partial charge in [0.05, 0.1) is 17.4 Å². The molecule has 0 spiro atoms. The molecule has 1 N–H and O–H groups in total. The summed E-state index contributed by atoms with van der Waals surface area (Å²) in [4.78, 5) is 24.4. The van der Waals surface area contributed by atoms with Gasteiger partial charge in [0.25, 0.3) is 0 Å². The molecule has 1 atom stereocenters. The summed E-state index contributed by atoms with van der Waals surface area (Å²) in [5.74, 6) is -1.03. The van der Waals surface area contributed by atoms with Crippen LogP contribution in [0.4, 0.5) is 0 Å². The molecule has 1 aromatic carbocycles. The Kier molecular flexibility index (Phi) is 7.89. The molecule has 0 bridgehead atoms. The number of aliphatic carboxylic acids is 1. The van der Waals surface area contributed by atoms with Crippen LogP contribution in [0.25, 0.3) is 0 Å². The Morgan fingerprint density at radius 2 is 1.80 bits per heavy atom. The van der Waals surface area contributed by atoms with E-state index in [0.717, 1.165) is 6.26 Å². The van der Waals surface area contributed by atoms with E-state index in [-0.39, 0.29) is 17.3 Å². The average molecular weight is 371 g/mol. The normalized spacial score (nSPS) is 12.4. The largest absolute Gasteiger partial charge is 0.494 e. The highest BCUT2D eigenvalue weighted by Crippen LogP contribution is 2.16. The smallest absolute Gasteiger partial charge is 0.308 e. The van der Waals surface area contributed by atoms with Crippen LogP contribution in [0.1, 0.15) is 26.2 Å². The van der Waals surface area contributed by atoms with E-state index in [0.29, 0.717) is 31.6 Å². The van der Waals surface area contributed by atoms with Crippen molar-refractivity contribution in [1.82, 2.24) is 4.90 Å². The van der Waals surface area contributed by atoms with Crippen LogP contribution in [-0.2, 0) is 19.4 Å². The molecule has 0 aliphatic heterocycles. The zero-order chi connectivity index (χ0) is 19.0. The number of carbonyl (C=O) groups is 2. The molecule has 0 aliphatic carbocycles. The van der Waals surface area contributed by atoms with E-state index in [1.165, 1.54) is 17.0 Å². The molecule has 1 unspecified atom stereocenters. The number of carbonyl (C=O) groups excluding carboxylic acids is 1. The quantitative estimate of drug-likeness (QED) is 0.630. The number of ether oxygens (including phenoxy) is 1. The maximum atomic E-state index is 11.9. The third-order valence-corrected chi connectivity index (χ3v) is 4.83. The Bertz CT molecular complexity index is 684. The first-order valence-electron chi connectivity index (χ1n) is 8.01. The van der Waals surface area contributed by atoms with Crippen LogP contribution in [-0.4, -0.2) is 56.8 Å². The number of rotatable bonds is 10. The predicted octanol–water partition coefficient (Wildman–Crippen LogP) is 1.82. The van der Waals surface area contributed by atoms with Crippen LogP contribution < -0.4 is 4.74 Å². The Labute approximate surface area is 148 Å². The minimum atomic E-state index is -3.22. The van der Waals surface area contributed by atoms with E-state index in [2.05, 4.69) is 0 Å². The van der Waals surface area contributed by atoms with Gasteiger partial charge in [-0.25, -0.2) is 8.42 Å². The maximum absolute atomic E-state index is 11.9. The summed E-state index contributed by atoms with van der Waals surface area (Å²) in [6.07, 6.45) is 2.78. The highest BCUT2D eigenvalue weighted by molar-refractivity contribution is 7.90. The highest BCUT2D eigenvalue weighted by Gasteiger charge is 2.16. The number of hydrogen-bond donors (Lipinski definition) is 1. The van der Waals surface area contributed by atoms with Crippen molar-refractivity contribution in [2.45, 2.75) is 31.1 Å². The van der Waals surface area contributed by atoms with Crippen LogP contribution in [0.2, 0.25) is 0 Å². The van der Waals surface area contributed by atoms with Crippen molar-refractivity contribution >= 4 is 21.7 Å². The fraction of sp³-hybridized carbons (Fsp3) is 0.529. The summed E-state index contributed by atoms with van der Waals surface area (Å²) in [5.41, 5.74) is 0. The molecule has 1 amide bonds. The molecule has 0 radical (unpaired) electrons. The van der Waals surface area contributed by atoms with E-state index >= 15 is 0 Å². The van der Waals surface area contributed by atoms with Gasteiger partial charge in [-0.15, -0.1) is 0 Å².